The highest BCUT2D eigenvalue weighted by molar-refractivity contribution is 7.99. The Morgan fingerprint density at radius 1 is 1.30 bits per heavy atom. The summed E-state index contributed by atoms with van der Waals surface area (Å²) in [5.41, 5.74) is 0.958. The molecule has 1 N–H and O–H groups in total. The number of carbonyl (C=O) groups is 1. The number of nitrogens with one attached hydrogen (secondary N) is 1. The zero-order valence-corrected chi connectivity index (χ0v) is 14.5. The highest BCUT2D eigenvalue weighted by Crippen LogP contribution is 2.24. The van der Waals surface area contributed by atoms with Crippen LogP contribution in [0.15, 0.2) is 29.4 Å². The van der Waals surface area contributed by atoms with Crippen LogP contribution in [0.3, 0.4) is 0 Å². The molecule has 0 aliphatic carbocycles. The van der Waals surface area contributed by atoms with E-state index in [0.29, 0.717) is 5.75 Å². The third-order valence-electron chi connectivity index (χ3n) is 3.37. The average molecular weight is 334 g/mol. The molecule has 1 amide bonds. The van der Waals surface area contributed by atoms with Gasteiger partial charge in [0.05, 0.1) is 12.9 Å². The molecule has 1 aromatic carbocycles. The number of methoxy groups -OCH3 is 1. The van der Waals surface area contributed by atoms with Crippen LogP contribution in [0.4, 0.5) is 0 Å². The van der Waals surface area contributed by atoms with Gasteiger partial charge >= 0.3 is 0 Å². The van der Waals surface area contributed by atoms with Crippen LogP contribution in [-0.2, 0) is 11.8 Å². The maximum absolute atomic E-state index is 11.7. The highest BCUT2D eigenvalue weighted by atomic mass is 32.2. The number of aromatic nitrogens is 3. The fraction of sp³-hybridized carbons (Fsp3) is 0.438. The van der Waals surface area contributed by atoms with Gasteiger partial charge in [-0.2, -0.15) is 0 Å². The van der Waals surface area contributed by atoms with Crippen molar-refractivity contribution < 1.29 is 9.53 Å². The Bertz CT molecular complexity index is 640. The molecule has 0 atom stereocenters. The molecule has 23 heavy (non-hydrogen) atoms. The number of thioether (sulfide) groups is 1. The number of carbonyl (C=O) groups excluding carboxylic acids is 1. The second-order valence-corrected chi connectivity index (χ2v) is 6.03. The Morgan fingerprint density at radius 3 is 2.70 bits per heavy atom. The van der Waals surface area contributed by atoms with Gasteiger partial charge in [0, 0.05) is 19.2 Å². The van der Waals surface area contributed by atoms with Gasteiger partial charge < -0.3 is 14.6 Å². The third-order valence-corrected chi connectivity index (χ3v) is 4.39. The predicted octanol–water partition coefficient (Wildman–Crippen LogP) is 2.50. The lowest BCUT2D eigenvalue weighted by atomic mass is 10.2. The minimum atomic E-state index is 0.0254. The summed E-state index contributed by atoms with van der Waals surface area (Å²) in [7, 11) is 3.54. The summed E-state index contributed by atoms with van der Waals surface area (Å²) in [6, 6.07) is 7.65. The molecule has 0 radical (unpaired) electrons. The van der Waals surface area contributed by atoms with Gasteiger partial charge in [-0.05, 0) is 30.7 Å². The topological polar surface area (TPSA) is 69.0 Å². The largest absolute Gasteiger partial charge is 0.497 e. The minimum absolute atomic E-state index is 0.0254. The van der Waals surface area contributed by atoms with Crippen LogP contribution in [0.1, 0.15) is 19.8 Å². The lowest BCUT2D eigenvalue weighted by Crippen LogP contribution is -2.26. The lowest BCUT2D eigenvalue weighted by molar-refractivity contribution is -0.118. The zero-order valence-electron chi connectivity index (χ0n) is 13.7. The first-order valence-electron chi connectivity index (χ1n) is 7.59. The summed E-state index contributed by atoms with van der Waals surface area (Å²) in [6.07, 6.45) is 2.07. The van der Waals surface area contributed by atoms with Gasteiger partial charge in [-0.15, -0.1) is 10.2 Å². The summed E-state index contributed by atoms with van der Waals surface area (Å²) in [5.74, 6) is 1.94. The van der Waals surface area contributed by atoms with Crippen molar-refractivity contribution in [1.29, 1.82) is 0 Å². The van der Waals surface area contributed by atoms with Gasteiger partial charge in [0.15, 0.2) is 11.0 Å². The van der Waals surface area contributed by atoms with E-state index in [1.165, 1.54) is 11.8 Å². The Balaban J connectivity index is 1.97. The molecule has 0 saturated heterocycles. The molecule has 0 bridgehead atoms. The van der Waals surface area contributed by atoms with Crippen molar-refractivity contribution >= 4 is 17.7 Å². The summed E-state index contributed by atoms with van der Waals surface area (Å²) in [6.45, 7) is 2.83. The van der Waals surface area contributed by atoms with Gasteiger partial charge in [-0.1, -0.05) is 25.1 Å². The molecule has 1 heterocycles. The molecule has 0 unspecified atom stereocenters. The summed E-state index contributed by atoms with van der Waals surface area (Å²) >= 11 is 1.39. The standard InChI is InChI=1S/C16H22N4O2S/c1-4-5-10-17-14(21)11-23-16-19-18-15(20(16)2)12-6-8-13(22-3)9-7-12/h6-9H,4-5,10-11H2,1-3H3,(H,17,21). The van der Waals surface area contributed by atoms with Crippen molar-refractivity contribution in [2.75, 3.05) is 19.4 Å². The second kappa shape index (κ2) is 8.57. The number of hydrogen-bond donors (Lipinski definition) is 1. The fourth-order valence-electron chi connectivity index (χ4n) is 2.02. The number of ether oxygens (including phenoxy) is 1. The molecule has 0 fully saturated rings. The van der Waals surface area contributed by atoms with E-state index >= 15 is 0 Å². The molecule has 0 spiro atoms. The van der Waals surface area contributed by atoms with Crippen LogP contribution >= 0.6 is 11.8 Å². The maximum atomic E-state index is 11.7. The van der Waals surface area contributed by atoms with Crippen LogP contribution < -0.4 is 10.1 Å². The molecule has 6 nitrogen and oxygen atoms in total. The van der Waals surface area contributed by atoms with Crippen LogP contribution in [0, 0.1) is 0 Å². The monoisotopic (exact) mass is 334 g/mol. The van der Waals surface area contributed by atoms with Crippen molar-refractivity contribution in [1.82, 2.24) is 20.1 Å². The normalized spacial score (nSPS) is 10.6. The van der Waals surface area contributed by atoms with Crippen LogP contribution in [0.25, 0.3) is 11.4 Å². The van der Waals surface area contributed by atoms with E-state index < -0.39 is 0 Å². The Labute approximate surface area is 140 Å². The molecule has 0 aliphatic heterocycles. The summed E-state index contributed by atoms with van der Waals surface area (Å²) < 4.78 is 7.05. The zero-order chi connectivity index (χ0) is 16.7. The summed E-state index contributed by atoms with van der Waals surface area (Å²) in [4.78, 5) is 11.7. The number of nitrogens with zero attached hydrogens (tertiary/aromatic N) is 3. The van der Waals surface area contributed by atoms with E-state index in [0.717, 1.165) is 41.7 Å². The number of rotatable bonds is 8. The van der Waals surface area contributed by atoms with Crippen molar-refractivity contribution in [2.24, 2.45) is 7.05 Å². The van der Waals surface area contributed by atoms with Crippen molar-refractivity contribution in [2.45, 2.75) is 24.9 Å². The van der Waals surface area contributed by atoms with Crippen molar-refractivity contribution in [3.63, 3.8) is 0 Å². The number of benzene rings is 1. The Hall–Kier alpha value is -2.02. The maximum Gasteiger partial charge on any atom is 0.230 e. The first kappa shape index (κ1) is 17.3. The van der Waals surface area contributed by atoms with Gasteiger partial charge in [-0.3, -0.25) is 4.79 Å². The lowest BCUT2D eigenvalue weighted by Gasteiger charge is -2.05. The van der Waals surface area contributed by atoms with Gasteiger partial charge in [0.2, 0.25) is 5.91 Å². The Morgan fingerprint density at radius 2 is 2.04 bits per heavy atom. The summed E-state index contributed by atoms with van der Waals surface area (Å²) in [5, 5.41) is 12.0. The smallest absolute Gasteiger partial charge is 0.230 e. The fourth-order valence-corrected chi connectivity index (χ4v) is 2.76. The SMILES string of the molecule is CCCCNC(=O)CSc1nnc(-c2ccc(OC)cc2)n1C. The highest BCUT2D eigenvalue weighted by Gasteiger charge is 2.12. The van der Waals surface area contributed by atoms with Crippen LogP contribution in [0.5, 0.6) is 5.75 Å². The van der Waals surface area contributed by atoms with E-state index in [-0.39, 0.29) is 5.91 Å². The molecular weight excluding hydrogens is 312 g/mol. The number of amides is 1. The molecule has 124 valence electrons. The van der Waals surface area contributed by atoms with E-state index in [2.05, 4.69) is 22.4 Å². The van der Waals surface area contributed by atoms with E-state index in [1.54, 1.807) is 7.11 Å². The van der Waals surface area contributed by atoms with Gasteiger partial charge in [0.1, 0.15) is 5.75 Å². The van der Waals surface area contributed by atoms with E-state index in [9.17, 15) is 4.79 Å². The molecule has 0 saturated carbocycles. The quantitative estimate of drug-likeness (QED) is 0.593. The number of hydrogen-bond acceptors (Lipinski definition) is 5. The van der Waals surface area contributed by atoms with Crippen LogP contribution in [0.2, 0.25) is 0 Å². The van der Waals surface area contributed by atoms with E-state index in [4.69, 9.17) is 4.74 Å². The third kappa shape index (κ3) is 4.72. The van der Waals surface area contributed by atoms with Gasteiger partial charge in [0.25, 0.3) is 0 Å². The molecule has 1 aromatic heterocycles. The average Bonchev–Trinajstić information content (AvgIpc) is 2.94. The molecule has 2 aromatic rings. The minimum Gasteiger partial charge on any atom is -0.497 e. The van der Waals surface area contributed by atoms with Crippen molar-refractivity contribution in [3.8, 4) is 17.1 Å². The molecule has 7 heteroatoms. The molecular formula is C16H22N4O2S. The molecule has 2 rings (SSSR count). The van der Waals surface area contributed by atoms with Crippen molar-refractivity contribution in [3.05, 3.63) is 24.3 Å². The molecule has 0 aliphatic rings. The predicted molar refractivity (Wildman–Crippen MR) is 91.6 cm³/mol. The van der Waals surface area contributed by atoms with E-state index in [1.807, 2.05) is 35.9 Å². The first-order chi connectivity index (χ1) is 11.2. The van der Waals surface area contributed by atoms with Gasteiger partial charge in [-0.25, -0.2) is 0 Å². The second-order valence-electron chi connectivity index (χ2n) is 5.09. The Kier molecular flexibility index (Phi) is 6.46. The number of unbranched alkanes of at least 4 members (excludes halogenated alkanes) is 1. The first-order valence-corrected chi connectivity index (χ1v) is 8.57. The van der Waals surface area contributed by atoms with Crippen LogP contribution in [-0.4, -0.2) is 40.1 Å².